The molecule has 4 rings (SSSR count). The number of aromatic nitrogens is 3. The third-order valence-corrected chi connectivity index (χ3v) is 4.33. The fourth-order valence-corrected chi connectivity index (χ4v) is 3.24. The molecule has 3 heterocycles. The van der Waals surface area contributed by atoms with Crippen LogP contribution in [0.2, 0.25) is 0 Å². The van der Waals surface area contributed by atoms with Crippen LogP contribution in [0.3, 0.4) is 0 Å². The molecule has 2 atom stereocenters. The minimum absolute atomic E-state index is 0.215. The van der Waals surface area contributed by atoms with Crippen molar-refractivity contribution in [3.05, 3.63) is 30.0 Å². The number of hydrogen-bond acceptors (Lipinski definition) is 5. The van der Waals surface area contributed by atoms with Gasteiger partial charge in [-0.25, -0.2) is 0 Å². The van der Waals surface area contributed by atoms with Crippen LogP contribution in [0.25, 0.3) is 0 Å². The highest BCUT2D eigenvalue weighted by molar-refractivity contribution is 5.35. The lowest BCUT2D eigenvalue weighted by Crippen LogP contribution is -2.46. The Kier molecular flexibility index (Phi) is 3.41. The Balaban J connectivity index is 1.66. The number of rotatable bonds is 4. The molecule has 22 heavy (non-hydrogen) atoms. The highest BCUT2D eigenvalue weighted by atomic mass is 16.5. The summed E-state index contributed by atoms with van der Waals surface area (Å²) in [6.07, 6.45) is 6.39. The molecule has 1 aliphatic heterocycles. The lowest BCUT2D eigenvalue weighted by molar-refractivity contribution is -0.00590. The fourth-order valence-electron chi connectivity index (χ4n) is 3.24. The van der Waals surface area contributed by atoms with Gasteiger partial charge in [-0.2, -0.15) is 0 Å². The number of ether oxygens (including phenoxy) is 1. The van der Waals surface area contributed by atoms with E-state index in [1.165, 1.54) is 12.8 Å². The molecule has 118 valence electrons. The zero-order valence-corrected chi connectivity index (χ0v) is 13.1. The monoisotopic (exact) mass is 302 g/mol. The van der Waals surface area contributed by atoms with E-state index in [-0.39, 0.29) is 12.2 Å². The summed E-state index contributed by atoms with van der Waals surface area (Å²) in [5.74, 6) is 2.65. The SMILES string of the molecule is C[C@@H]1CN(c2nnc(C3CC3)n2Cc2ccoc2)C[C@H](C)O1. The first-order valence-electron chi connectivity index (χ1n) is 8.05. The second-order valence-electron chi connectivity index (χ2n) is 6.51. The van der Waals surface area contributed by atoms with Gasteiger partial charge in [0.2, 0.25) is 5.95 Å². The zero-order chi connectivity index (χ0) is 15.1. The topological polar surface area (TPSA) is 56.3 Å². The van der Waals surface area contributed by atoms with Crippen LogP contribution in [0.5, 0.6) is 0 Å². The van der Waals surface area contributed by atoms with Gasteiger partial charge in [-0.3, -0.25) is 4.57 Å². The predicted molar refractivity (Wildman–Crippen MR) is 82.0 cm³/mol. The summed E-state index contributed by atoms with van der Waals surface area (Å²) in [5, 5.41) is 8.99. The van der Waals surface area contributed by atoms with E-state index in [0.717, 1.165) is 37.0 Å². The van der Waals surface area contributed by atoms with Gasteiger partial charge < -0.3 is 14.1 Å². The van der Waals surface area contributed by atoms with E-state index in [4.69, 9.17) is 9.15 Å². The molecule has 2 aromatic heterocycles. The summed E-state index contributed by atoms with van der Waals surface area (Å²) in [7, 11) is 0. The van der Waals surface area contributed by atoms with Gasteiger partial charge in [0.25, 0.3) is 0 Å². The van der Waals surface area contributed by atoms with Gasteiger partial charge in [0.1, 0.15) is 5.82 Å². The van der Waals surface area contributed by atoms with Crippen LogP contribution in [-0.4, -0.2) is 40.1 Å². The van der Waals surface area contributed by atoms with Gasteiger partial charge in [0, 0.05) is 24.6 Å². The van der Waals surface area contributed by atoms with Crippen LogP contribution in [0.1, 0.15) is 44.0 Å². The zero-order valence-electron chi connectivity index (χ0n) is 13.1. The van der Waals surface area contributed by atoms with Gasteiger partial charge in [0.15, 0.2) is 0 Å². The molecular formula is C16H22N4O2. The molecular weight excluding hydrogens is 280 g/mol. The van der Waals surface area contributed by atoms with Gasteiger partial charge in [-0.05, 0) is 32.8 Å². The number of hydrogen-bond donors (Lipinski definition) is 0. The molecule has 0 N–H and O–H groups in total. The lowest BCUT2D eigenvalue weighted by atomic mass is 10.2. The van der Waals surface area contributed by atoms with E-state index in [1.807, 2.05) is 6.07 Å². The van der Waals surface area contributed by atoms with Gasteiger partial charge in [-0.1, -0.05) is 0 Å². The minimum atomic E-state index is 0.215. The van der Waals surface area contributed by atoms with Gasteiger partial charge in [0.05, 0.1) is 31.3 Å². The summed E-state index contributed by atoms with van der Waals surface area (Å²) in [4.78, 5) is 2.30. The minimum Gasteiger partial charge on any atom is -0.472 e. The van der Waals surface area contributed by atoms with Crippen molar-refractivity contribution in [3.63, 3.8) is 0 Å². The average Bonchev–Trinajstić information content (AvgIpc) is 3.03. The van der Waals surface area contributed by atoms with Gasteiger partial charge in [-0.15, -0.1) is 10.2 Å². The van der Waals surface area contributed by atoms with Crippen molar-refractivity contribution in [1.29, 1.82) is 0 Å². The lowest BCUT2D eigenvalue weighted by Gasteiger charge is -2.35. The first-order valence-corrected chi connectivity index (χ1v) is 8.05. The Morgan fingerprint density at radius 3 is 2.59 bits per heavy atom. The summed E-state index contributed by atoms with van der Waals surface area (Å²) < 4.78 is 13.3. The molecule has 0 amide bonds. The van der Waals surface area contributed by atoms with Crippen LogP contribution in [0.15, 0.2) is 23.0 Å². The van der Waals surface area contributed by atoms with E-state index in [1.54, 1.807) is 12.5 Å². The molecule has 1 saturated carbocycles. The van der Waals surface area contributed by atoms with Crippen LogP contribution in [0.4, 0.5) is 5.95 Å². The second-order valence-corrected chi connectivity index (χ2v) is 6.51. The van der Waals surface area contributed by atoms with Crippen LogP contribution in [-0.2, 0) is 11.3 Å². The van der Waals surface area contributed by atoms with Crippen molar-refractivity contribution >= 4 is 5.95 Å². The van der Waals surface area contributed by atoms with E-state index >= 15 is 0 Å². The maximum atomic E-state index is 5.84. The average molecular weight is 302 g/mol. The van der Waals surface area contributed by atoms with Crippen molar-refractivity contribution in [2.75, 3.05) is 18.0 Å². The predicted octanol–water partition coefficient (Wildman–Crippen LogP) is 2.41. The third kappa shape index (κ3) is 2.63. The summed E-state index contributed by atoms with van der Waals surface area (Å²) in [5.41, 5.74) is 1.15. The van der Waals surface area contributed by atoms with E-state index in [0.29, 0.717) is 5.92 Å². The third-order valence-electron chi connectivity index (χ3n) is 4.33. The summed E-state index contributed by atoms with van der Waals surface area (Å²) >= 11 is 0. The molecule has 1 saturated heterocycles. The molecule has 2 aromatic rings. The van der Waals surface area contributed by atoms with Crippen molar-refractivity contribution in [1.82, 2.24) is 14.8 Å². The molecule has 0 spiro atoms. The molecule has 2 aliphatic rings. The van der Waals surface area contributed by atoms with E-state index < -0.39 is 0 Å². The first kappa shape index (κ1) is 13.8. The fraction of sp³-hybridized carbons (Fsp3) is 0.625. The Morgan fingerprint density at radius 2 is 1.95 bits per heavy atom. The molecule has 2 fully saturated rings. The van der Waals surface area contributed by atoms with Crippen LogP contribution in [0, 0.1) is 0 Å². The van der Waals surface area contributed by atoms with Crippen molar-refractivity contribution in [2.24, 2.45) is 0 Å². The Morgan fingerprint density at radius 1 is 1.18 bits per heavy atom. The highest BCUT2D eigenvalue weighted by Crippen LogP contribution is 2.40. The molecule has 0 radical (unpaired) electrons. The molecule has 6 heteroatoms. The van der Waals surface area contributed by atoms with E-state index in [2.05, 4.69) is 33.5 Å². The van der Waals surface area contributed by atoms with Crippen LogP contribution >= 0.6 is 0 Å². The standard InChI is InChI=1S/C16H22N4O2/c1-11-7-19(8-12(2)22-11)16-18-17-15(14-3-4-14)20(16)9-13-5-6-21-10-13/h5-6,10-12,14H,3-4,7-9H2,1-2H3/t11-,12+. The molecule has 1 aliphatic carbocycles. The number of nitrogens with zero attached hydrogens (tertiary/aromatic N) is 4. The van der Waals surface area contributed by atoms with Crippen molar-refractivity contribution < 1.29 is 9.15 Å². The Hall–Kier alpha value is -1.82. The van der Waals surface area contributed by atoms with Crippen molar-refractivity contribution in [3.8, 4) is 0 Å². The Labute approximate surface area is 130 Å². The number of anilines is 1. The smallest absolute Gasteiger partial charge is 0.227 e. The summed E-state index contributed by atoms with van der Waals surface area (Å²) in [6, 6.07) is 2.00. The van der Waals surface area contributed by atoms with Crippen LogP contribution < -0.4 is 4.90 Å². The van der Waals surface area contributed by atoms with E-state index in [9.17, 15) is 0 Å². The largest absolute Gasteiger partial charge is 0.472 e. The van der Waals surface area contributed by atoms with Crippen molar-refractivity contribution in [2.45, 2.75) is 51.4 Å². The summed E-state index contributed by atoms with van der Waals surface area (Å²) in [6.45, 7) is 6.71. The first-order chi connectivity index (χ1) is 10.7. The molecule has 6 nitrogen and oxygen atoms in total. The van der Waals surface area contributed by atoms with Gasteiger partial charge >= 0.3 is 0 Å². The maximum Gasteiger partial charge on any atom is 0.227 e. The molecule has 0 bridgehead atoms. The maximum absolute atomic E-state index is 5.84. The quantitative estimate of drug-likeness (QED) is 0.868. The molecule has 0 aromatic carbocycles. The molecule has 0 unspecified atom stereocenters. The Bertz CT molecular complexity index is 623. The number of morpholine rings is 1. The highest BCUT2D eigenvalue weighted by Gasteiger charge is 2.33. The normalized spacial score (nSPS) is 25.6. The second kappa shape index (κ2) is 5.43. The number of furan rings is 1.